The molecule has 72 heavy (non-hydrogen) atoms. The summed E-state index contributed by atoms with van der Waals surface area (Å²) in [6, 6.07) is 27.0. The van der Waals surface area contributed by atoms with Gasteiger partial charge in [0.15, 0.2) is 0 Å². The number of fused-ring (bicyclic) bond motifs is 7. The minimum Gasteiger partial charge on any atom is -0.510 e. The summed E-state index contributed by atoms with van der Waals surface area (Å²) >= 11 is 0. The van der Waals surface area contributed by atoms with Gasteiger partial charge in [0.1, 0.15) is 5.82 Å². The van der Waals surface area contributed by atoms with Crippen LogP contribution in [-0.4, -0.2) is 18.7 Å². The maximum atomic E-state index is 9.15. The summed E-state index contributed by atoms with van der Waals surface area (Å²) in [7, 11) is 0. The van der Waals surface area contributed by atoms with E-state index in [4.69, 9.17) is 34.4 Å². The Morgan fingerprint density at radius 3 is 1.93 bits per heavy atom. The molecule has 0 saturated carbocycles. The predicted octanol–water partition coefficient (Wildman–Crippen LogP) is 15.6. The van der Waals surface area contributed by atoms with E-state index >= 15 is 0 Å². The van der Waals surface area contributed by atoms with Crippen LogP contribution in [0.25, 0.3) is 99.8 Å². The summed E-state index contributed by atoms with van der Waals surface area (Å²) in [6.45, 7) is 6.42. The van der Waals surface area contributed by atoms with Gasteiger partial charge in [0.2, 0.25) is 0 Å². The number of nitrogens with zero attached hydrogens (tertiary/aromatic N) is 5. The molecule has 7 heteroatoms. The number of aromatic nitrogens is 5. The van der Waals surface area contributed by atoms with Crippen LogP contribution in [0, 0.1) is 23.9 Å². The summed E-state index contributed by atoms with van der Waals surface area (Å²) in [4.78, 5) is 4.87. The first-order chi connectivity index (χ1) is 42.3. The first kappa shape index (κ1) is 29.1. The van der Waals surface area contributed by atoms with E-state index in [9.17, 15) is 0 Å². The fourth-order valence-corrected chi connectivity index (χ4v) is 9.44. The van der Waals surface area contributed by atoms with Crippen molar-refractivity contribution in [2.75, 3.05) is 0 Å². The van der Waals surface area contributed by atoms with Crippen LogP contribution in [0.3, 0.4) is 0 Å². The zero-order valence-corrected chi connectivity index (χ0v) is 40.8. The third-order valence-corrected chi connectivity index (χ3v) is 12.3. The molecule has 350 valence electrons. The second kappa shape index (κ2) is 18.1. The molecule has 0 amide bonds. The van der Waals surface area contributed by atoms with Crippen LogP contribution < -0.4 is 9.30 Å². The average Bonchev–Trinajstić information content (AvgIpc) is 1.55. The van der Waals surface area contributed by atoms with Crippen molar-refractivity contribution >= 4 is 54.6 Å². The zero-order chi connectivity index (χ0) is 63.3. The van der Waals surface area contributed by atoms with Crippen molar-refractivity contribution in [1.29, 1.82) is 0 Å². The molecule has 6 nitrogen and oxygen atoms in total. The van der Waals surface area contributed by atoms with E-state index in [0.29, 0.717) is 50.0 Å². The number of ether oxygens (including phenoxy) is 1. The minimum absolute atomic E-state index is 0. The van der Waals surface area contributed by atoms with E-state index in [2.05, 4.69) is 39.2 Å². The first-order valence-electron chi connectivity index (χ1n) is 31.7. The van der Waals surface area contributed by atoms with Gasteiger partial charge in [0.05, 0.1) is 52.4 Å². The van der Waals surface area contributed by atoms with Crippen LogP contribution in [0.2, 0.25) is 0 Å². The molecule has 0 aliphatic carbocycles. The smallest absolute Gasteiger partial charge is 0.268 e. The number of imidazole rings is 1. The zero-order valence-electron chi connectivity index (χ0n) is 56.6. The van der Waals surface area contributed by atoms with Crippen LogP contribution in [0.5, 0.6) is 11.5 Å². The largest absolute Gasteiger partial charge is 0.510 e. The Bertz CT molecular complexity index is 5040. The number of pyridine rings is 1. The van der Waals surface area contributed by atoms with Crippen molar-refractivity contribution in [2.45, 2.75) is 27.2 Å². The third-order valence-electron chi connectivity index (χ3n) is 12.3. The SMILES string of the molecule is [2H]c1c([2H])c([2H])c(-c2cccc(-c3c([2H])c([2H])c([2H])c([2H])c3[2H])c2-[n+]2[c-]n(-c3[c-]c(Oc4[c-]c5c(cc4)c4cc(-n6c7c([2H])c([2H])c([2H])c([2H])c7c7c([2H])c([2H])c([2H])c([2H])c76)ccc4n5-c4cc(CC(C)(C)C)ccn4)ccc3)c3ccccc32)c([2H])c1[2H].[Pt]. The molecular formula is C65H47N5OPt-2. The van der Waals surface area contributed by atoms with Gasteiger partial charge in [-0.2, -0.15) is 18.2 Å². The van der Waals surface area contributed by atoms with Crippen LogP contribution >= 0.6 is 0 Å². The molecule has 0 saturated heterocycles. The Morgan fingerprint density at radius 1 is 0.569 bits per heavy atom. The van der Waals surface area contributed by atoms with Gasteiger partial charge in [-0.3, -0.25) is 4.57 Å². The Hall–Kier alpha value is -8.31. The molecular weight excluding hydrogens is 1060 g/mol. The number of hydrogen-bond acceptors (Lipinski definition) is 2. The summed E-state index contributed by atoms with van der Waals surface area (Å²) in [6.07, 6.45) is 5.83. The topological polar surface area (TPSA) is 40.8 Å². The van der Waals surface area contributed by atoms with E-state index < -0.39 is 109 Å². The molecule has 0 atom stereocenters. The molecule has 13 rings (SSSR count). The van der Waals surface area contributed by atoms with Gasteiger partial charge in [0, 0.05) is 60.7 Å². The van der Waals surface area contributed by atoms with Crippen LogP contribution in [0.15, 0.2) is 218 Å². The van der Waals surface area contributed by atoms with Crippen molar-refractivity contribution in [3.63, 3.8) is 0 Å². The minimum atomic E-state index is -0.613. The quantitative estimate of drug-likeness (QED) is 0.107. The van der Waals surface area contributed by atoms with Crippen molar-refractivity contribution < 1.29 is 55.0 Å². The van der Waals surface area contributed by atoms with Crippen LogP contribution in [0.1, 0.15) is 51.0 Å². The van der Waals surface area contributed by atoms with Gasteiger partial charge in [-0.05, 0) is 93.1 Å². The van der Waals surface area contributed by atoms with E-state index in [1.165, 1.54) is 10.6 Å². The monoisotopic (exact) mass is 1130 g/mol. The summed E-state index contributed by atoms with van der Waals surface area (Å²) < 4.78 is 172. The molecule has 0 bridgehead atoms. The van der Waals surface area contributed by atoms with E-state index in [1.54, 1.807) is 88.1 Å². The molecule has 0 aliphatic heterocycles. The number of rotatable bonds is 9. The summed E-state index contributed by atoms with van der Waals surface area (Å²) in [5.74, 6) is 1.03. The van der Waals surface area contributed by atoms with Gasteiger partial charge in [0.25, 0.3) is 6.33 Å². The molecule has 0 N–H and O–H groups in total. The Morgan fingerprint density at radius 2 is 1.22 bits per heavy atom. The molecule has 0 radical (unpaired) electrons. The van der Waals surface area contributed by atoms with E-state index in [1.807, 2.05) is 28.8 Å². The summed E-state index contributed by atoms with van der Waals surface area (Å²) in [5.41, 5.74) is 3.70. The maximum absolute atomic E-state index is 9.15. The second-order valence-corrected chi connectivity index (χ2v) is 18.1. The molecule has 13 aromatic rings. The predicted molar refractivity (Wildman–Crippen MR) is 288 cm³/mol. The normalized spacial score (nSPS) is 15.3. The molecule has 0 unspecified atom stereocenters. The van der Waals surface area contributed by atoms with Crippen molar-refractivity contribution in [2.24, 2.45) is 5.41 Å². The molecule has 0 aliphatic rings. The maximum Gasteiger partial charge on any atom is 0.268 e. The van der Waals surface area contributed by atoms with Gasteiger partial charge < -0.3 is 18.4 Å². The van der Waals surface area contributed by atoms with Crippen molar-refractivity contribution in [1.82, 2.24) is 18.7 Å². The molecule has 0 fully saturated rings. The van der Waals surface area contributed by atoms with Gasteiger partial charge in [-0.25, -0.2) is 4.98 Å². The first-order valence-corrected chi connectivity index (χ1v) is 22.7. The van der Waals surface area contributed by atoms with E-state index in [0.717, 1.165) is 12.0 Å². The fraction of sp³-hybridized carbons (Fsp3) is 0.0769. The summed E-state index contributed by atoms with van der Waals surface area (Å²) in [5, 5.41) is 1.21. The molecule has 4 aromatic heterocycles. The third kappa shape index (κ3) is 7.89. The molecule has 4 heterocycles. The molecule has 9 aromatic carbocycles. The second-order valence-electron chi connectivity index (χ2n) is 18.1. The Kier molecular flexibility index (Phi) is 7.34. The average molecular weight is 1130 g/mol. The fourth-order valence-electron chi connectivity index (χ4n) is 9.44. The Balaban J connectivity index is 0.00000785. The van der Waals surface area contributed by atoms with Crippen molar-refractivity contribution in [3.05, 3.63) is 242 Å². The van der Waals surface area contributed by atoms with Crippen molar-refractivity contribution in [3.8, 4) is 56.6 Å². The van der Waals surface area contributed by atoms with E-state index in [-0.39, 0.29) is 87.7 Å². The van der Waals surface area contributed by atoms with Gasteiger partial charge in [-0.15, -0.1) is 29.7 Å². The van der Waals surface area contributed by atoms with Gasteiger partial charge in [-0.1, -0.05) is 165 Å². The number of para-hydroxylation sites is 5. The van der Waals surface area contributed by atoms with Gasteiger partial charge >= 0.3 is 0 Å². The van der Waals surface area contributed by atoms with Crippen LogP contribution in [-0.2, 0) is 27.5 Å². The number of hydrogen-bond donors (Lipinski definition) is 0. The van der Waals surface area contributed by atoms with Crippen LogP contribution in [0.4, 0.5) is 0 Å². The Labute approximate surface area is 458 Å². The molecule has 0 spiro atoms. The standard InChI is InChI=1S/C65H47N5O.Pt/c1-65(2,3)42-44-36-37-66-63(38-44)70-59-35-32-48(69-57-28-12-10-24-53(57)54-25-11-13-29-58(54)69)40-56(59)55-34-33-50(41-62(55)70)71-49-23-16-22-47(39-49)67-43-68(61-31-15-14-30-60(61)67)64-51(45-18-6-4-7-19-45)26-17-27-52(64)46-20-8-5-9-21-46;/h4-38,40H,42H2,1-3H3;/q-2;/i4D,5D,6D,7D,8D,9D,10D,11D,12D,13D,18D,19D,20D,21D,24D,25D,28D,29D;. The number of benzene rings is 9.